The number of amides is 4. The second kappa shape index (κ2) is 21.3. The number of rotatable bonds is 17. The van der Waals surface area contributed by atoms with E-state index in [0.717, 1.165) is 33.2 Å². The number of halogens is 2. The van der Waals surface area contributed by atoms with Gasteiger partial charge >= 0.3 is 0 Å². The molecule has 3 N–H and O–H groups in total. The Bertz CT molecular complexity index is 2720. The van der Waals surface area contributed by atoms with Gasteiger partial charge in [-0.05, 0) is 97.4 Å². The van der Waals surface area contributed by atoms with E-state index in [2.05, 4.69) is 15.6 Å². The van der Waals surface area contributed by atoms with E-state index >= 15 is 4.39 Å². The Labute approximate surface area is 410 Å². The molecule has 69 heavy (non-hydrogen) atoms. The summed E-state index contributed by atoms with van der Waals surface area (Å²) in [6.45, 7) is 9.48. The van der Waals surface area contributed by atoms with E-state index in [1.807, 2.05) is 99.6 Å². The van der Waals surface area contributed by atoms with Gasteiger partial charge in [0.1, 0.15) is 41.9 Å². The van der Waals surface area contributed by atoms with Gasteiger partial charge in [-0.2, -0.15) is 5.26 Å². The first-order valence-corrected chi connectivity index (χ1v) is 23.2. The van der Waals surface area contributed by atoms with Crippen molar-refractivity contribution in [1.29, 1.82) is 5.26 Å². The summed E-state index contributed by atoms with van der Waals surface area (Å²) < 4.78 is 32.0. The maximum absolute atomic E-state index is 15.1. The Morgan fingerprint density at radius 3 is 2.30 bits per heavy atom. The van der Waals surface area contributed by atoms with Crippen LogP contribution in [0.3, 0.4) is 0 Å². The topological polar surface area (TPSA) is 191 Å². The average molecular weight is 979 g/mol. The molecule has 0 bridgehead atoms. The normalized spacial score (nSPS) is 17.2. The summed E-state index contributed by atoms with van der Waals surface area (Å²) in [5.41, 5.74) is 2.11. The van der Waals surface area contributed by atoms with Crippen LogP contribution < -0.4 is 25.2 Å². The van der Waals surface area contributed by atoms with Crippen molar-refractivity contribution < 1.29 is 42.6 Å². The first-order valence-electron chi connectivity index (χ1n) is 22.4. The number of thiocarbonyl (C=S) groups is 1. The lowest BCUT2D eigenvalue weighted by Gasteiger charge is -2.35. The molecule has 2 fully saturated rings. The second-order valence-corrected chi connectivity index (χ2v) is 19.2. The summed E-state index contributed by atoms with van der Waals surface area (Å²) in [5.74, 6) is -1.27. The lowest BCUT2D eigenvalue weighted by Crippen LogP contribution is -2.58. The number of aliphatic hydroxyl groups excluding tert-OH is 1. The van der Waals surface area contributed by atoms with Crippen LogP contribution in [-0.4, -0.2) is 93.8 Å². The number of carbonyl (C=O) groups excluding carboxylic acids is 4. The number of nitriles is 1. The molecule has 360 valence electrons. The van der Waals surface area contributed by atoms with Crippen molar-refractivity contribution in [2.24, 2.45) is 5.41 Å². The van der Waals surface area contributed by atoms with Gasteiger partial charge < -0.3 is 39.4 Å². The molecule has 0 aliphatic carbocycles. The molecule has 2 aliphatic heterocycles. The maximum atomic E-state index is 15.1. The fraction of sp³-hybridized carbons (Fsp3) is 0.353. The molecule has 1 aromatic heterocycles. The Hall–Kier alpha value is -6.71. The van der Waals surface area contributed by atoms with Crippen LogP contribution in [-0.2, 0) is 30.5 Å². The summed E-state index contributed by atoms with van der Waals surface area (Å²) in [5, 5.41) is 25.6. The number of likely N-dealkylation sites (tertiary alicyclic amines) is 1. The summed E-state index contributed by atoms with van der Waals surface area (Å²) in [4.78, 5) is 62.1. The number of hydrogen-bond donors (Lipinski definition) is 3. The highest BCUT2D eigenvalue weighted by atomic mass is 35.5. The number of β-amino-alcohol motifs (C(OH)–C–C–N with tert-alkyl or cyclic N) is 1. The molecule has 0 radical (unpaired) electrons. The maximum Gasteiger partial charge on any atom is 0.259 e. The number of carbonyl (C=O) groups is 4. The number of benzene rings is 4. The van der Waals surface area contributed by atoms with Crippen molar-refractivity contribution >= 4 is 63.9 Å². The molecular formula is C51H53ClFN7O8S. The van der Waals surface area contributed by atoms with E-state index in [1.165, 1.54) is 17.4 Å². The van der Waals surface area contributed by atoms with Gasteiger partial charge in [-0.25, -0.2) is 9.37 Å². The van der Waals surface area contributed by atoms with Crippen LogP contribution in [0.1, 0.15) is 65.0 Å². The molecule has 0 saturated carbocycles. The number of nitrogens with zero attached hydrogens (tertiary/aromatic N) is 5. The predicted octanol–water partition coefficient (Wildman–Crippen LogP) is 7.57. The van der Waals surface area contributed by atoms with Crippen LogP contribution in [0.15, 0.2) is 102 Å². The fourth-order valence-electron chi connectivity index (χ4n) is 8.22. The Morgan fingerprint density at radius 1 is 1.01 bits per heavy atom. The molecule has 2 saturated heterocycles. The van der Waals surface area contributed by atoms with Gasteiger partial charge in [0.25, 0.3) is 5.91 Å². The van der Waals surface area contributed by atoms with Gasteiger partial charge in [0, 0.05) is 37.4 Å². The minimum atomic E-state index is -1.15. The summed E-state index contributed by atoms with van der Waals surface area (Å²) in [6.07, 6.45) is 3.42. The summed E-state index contributed by atoms with van der Waals surface area (Å²) >= 11 is 11.9. The van der Waals surface area contributed by atoms with E-state index in [0.29, 0.717) is 36.6 Å². The fourth-order valence-corrected chi connectivity index (χ4v) is 8.93. The molecule has 0 unspecified atom stereocenters. The van der Waals surface area contributed by atoms with Crippen LogP contribution in [0, 0.1) is 22.6 Å². The first-order chi connectivity index (χ1) is 32.9. The highest BCUT2D eigenvalue weighted by Gasteiger charge is 2.51. The van der Waals surface area contributed by atoms with Crippen LogP contribution in [0.2, 0.25) is 5.02 Å². The van der Waals surface area contributed by atoms with Crippen molar-refractivity contribution in [3.05, 3.63) is 119 Å². The zero-order chi connectivity index (χ0) is 49.6. The second-order valence-electron chi connectivity index (χ2n) is 18.4. The lowest BCUT2D eigenvalue weighted by atomic mass is 9.85. The average Bonchev–Trinajstić information content (AvgIpc) is 4.05. The van der Waals surface area contributed by atoms with Crippen molar-refractivity contribution in [3.8, 4) is 34.3 Å². The number of aromatic nitrogens is 1. The Kier molecular flexibility index (Phi) is 15.5. The third kappa shape index (κ3) is 11.4. The lowest BCUT2D eigenvalue weighted by molar-refractivity contribution is -0.144. The molecule has 7 rings (SSSR count). The largest absolute Gasteiger partial charge is 0.494 e. The van der Waals surface area contributed by atoms with E-state index in [9.17, 15) is 29.5 Å². The van der Waals surface area contributed by atoms with Crippen molar-refractivity contribution in [2.45, 2.75) is 84.2 Å². The molecule has 2 aliphatic rings. The van der Waals surface area contributed by atoms with E-state index in [-0.39, 0.29) is 54.1 Å². The molecule has 0 spiro atoms. The number of ether oxygens (including phenoxy) is 2. The molecule has 3 atom stereocenters. The van der Waals surface area contributed by atoms with Crippen LogP contribution >= 0.6 is 23.8 Å². The van der Waals surface area contributed by atoms with Crippen molar-refractivity contribution in [3.63, 3.8) is 0 Å². The summed E-state index contributed by atoms with van der Waals surface area (Å²) in [7, 11) is 0. The number of aliphatic hydroxyl groups is 1. The van der Waals surface area contributed by atoms with Crippen molar-refractivity contribution in [2.75, 3.05) is 36.2 Å². The zero-order valence-electron chi connectivity index (χ0n) is 38.8. The smallest absolute Gasteiger partial charge is 0.259 e. The van der Waals surface area contributed by atoms with Crippen LogP contribution in [0.5, 0.6) is 5.75 Å². The molecule has 18 heteroatoms. The van der Waals surface area contributed by atoms with E-state index in [1.54, 1.807) is 24.9 Å². The highest BCUT2D eigenvalue weighted by Crippen LogP contribution is 2.39. The molecule has 15 nitrogen and oxygen atoms in total. The Morgan fingerprint density at radius 2 is 1.67 bits per heavy atom. The standard InChI is InChI=1S/C51H53ClFN7O8S/c1-50(2,3)45(47(64)58-28-37(61)23-42(58)46(63)56-26-31-8-10-34(11-9-31)43-27-55-30-68-43)57-44(62)29-66-20-6-7-21-67-38-18-14-33(15-19-38)32-12-16-36(17-13-32)60-49(69)59(48(65)51(60,4)5)41-24-39(52)35(25-54)22-40(41)53/h8-19,22,24,27,30,37,42,45,61H,6-7,20-21,23,26,28-29H2,1-5H3,(H,56,63)(H,57,62)/t37-,42+,45-/m1/s1. The predicted molar refractivity (Wildman–Crippen MR) is 261 cm³/mol. The number of hydrogen-bond acceptors (Lipinski definition) is 11. The summed E-state index contributed by atoms with van der Waals surface area (Å²) in [6, 6.07) is 24.7. The highest BCUT2D eigenvalue weighted by molar-refractivity contribution is 7.81. The number of unbranched alkanes of at least 4 members (excludes halogenated alkanes) is 1. The van der Waals surface area contributed by atoms with Gasteiger partial charge in [0.2, 0.25) is 17.7 Å². The number of oxazole rings is 1. The van der Waals surface area contributed by atoms with Gasteiger partial charge in [0.15, 0.2) is 17.3 Å². The molecule has 4 aromatic carbocycles. The van der Waals surface area contributed by atoms with Gasteiger partial charge in [0.05, 0.1) is 35.2 Å². The molecule has 4 amide bonds. The molecule has 3 heterocycles. The van der Waals surface area contributed by atoms with Gasteiger partial charge in [-0.1, -0.05) is 80.9 Å². The third-order valence-corrected chi connectivity index (χ3v) is 12.7. The zero-order valence-corrected chi connectivity index (χ0v) is 40.4. The van der Waals surface area contributed by atoms with Crippen LogP contribution in [0.25, 0.3) is 22.5 Å². The quantitative estimate of drug-likeness (QED) is 0.0613. The molecular weight excluding hydrogens is 925 g/mol. The van der Waals surface area contributed by atoms with Gasteiger partial charge in [-0.3, -0.25) is 24.1 Å². The minimum absolute atomic E-state index is 0.00982. The van der Waals surface area contributed by atoms with Crippen molar-refractivity contribution in [1.82, 2.24) is 20.5 Å². The monoisotopic (exact) mass is 977 g/mol. The SMILES string of the molecule is CC(C)(C)[C@H](NC(=O)COCCCCOc1ccc(-c2ccc(N3C(=S)N(c4cc(Cl)c(C#N)cc4F)C(=O)C3(C)C)cc2)cc1)C(=O)N1C[C@H](O)C[C@H]1C(=O)NCc1ccc(-c2cnco2)cc1. The van der Waals surface area contributed by atoms with Gasteiger partial charge in [-0.15, -0.1) is 0 Å². The van der Waals surface area contributed by atoms with Crippen LogP contribution in [0.4, 0.5) is 15.8 Å². The number of nitrogens with one attached hydrogen (secondary N) is 2. The minimum Gasteiger partial charge on any atom is -0.494 e. The van der Waals surface area contributed by atoms with E-state index < -0.39 is 58.6 Å². The van der Waals surface area contributed by atoms with E-state index in [4.69, 9.17) is 37.7 Å². The Balaban J connectivity index is 0.836. The first kappa shape index (κ1) is 50.2. The number of anilines is 2. The third-order valence-electron chi connectivity index (χ3n) is 12.0. The molecule has 5 aromatic rings.